The van der Waals surface area contributed by atoms with Gasteiger partial charge in [-0.25, -0.2) is 4.98 Å². The fraction of sp³-hybridized carbons (Fsp3) is 0.444. The summed E-state index contributed by atoms with van der Waals surface area (Å²) in [5.41, 5.74) is 0.106. The van der Waals surface area contributed by atoms with Crippen LogP contribution in [0.2, 0.25) is 0 Å². The Hall–Kier alpha value is -1.14. The van der Waals surface area contributed by atoms with Crippen molar-refractivity contribution in [2.24, 2.45) is 0 Å². The molecule has 1 atom stereocenters. The minimum Gasteiger partial charge on any atom is -0.316 e. The summed E-state index contributed by atoms with van der Waals surface area (Å²) in [6, 6.07) is 3.09. The predicted octanol–water partition coefficient (Wildman–Crippen LogP) is 1.44. The van der Waals surface area contributed by atoms with E-state index in [4.69, 9.17) is 0 Å². The van der Waals surface area contributed by atoms with Crippen LogP contribution < -0.4 is 5.32 Å². The number of thioether (sulfide) groups is 1. The van der Waals surface area contributed by atoms with Crippen LogP contribution in [-0.2, 0) is 0 Å². The molecule has 1 unspecified atom stereocenters. The monoisotopic (exact) mass is 225 g/mol. The van der Waals surface area contributed by atoms with E-state index in [0.29, 0.717) is 10.3 Å². The quantitative estimate of drug-likeness (QED) is 0.622. The smallest absolute Gasteiger partial charge is 0.301 e. The van der Waals surface area contributed by atoms with Crippen LogP contribution in [0, 0.1) is 10.1 Å². The van der Waals surface area contributed by atoms with Gasteiger partial charge < -0.3 is 5.32 Å². The van der Waals surface area contributed by atoms with Crippen LogP contribution in [0.1, 0.15) is 6.42 Å². The van der Waals surface area contributed by atoms with Crippen LogP contribution >= 0.6 is 11.8 Å². The Morgan fingerprint density at radius 1 is 1.67 bits per heavy atom. The topological polar surface area (TPSA) is 68.1 Å². The molecule has 1 saturated heterocycles. The molecule has 0 saturated carbocycles. The first-order valence-corrected chi connectivity index (χ1v) is 5.62. The first-order chi connectivity index (χ1) is 7.27. The molecular weight excluding hydrogens is 214 g/mol. The Bertz CT molecular complexity index is 366. The third-order valence-electron chi connectivity index (χ3n) is 2.24. The molecule has 1 aromatic rings. The summed E-state index contributed by atoms with van der Waals surface area (Å²) in [4.78, 5) is 14.4. The van der Waals surface area contributed by atoms with Gasteiger partial charge in [0.2, 0.25) is 0 Å². The number of pyridine rings is 1. The van der Waals surface area contributed by atoms with Crippen LogP contribution in [0.25, 0.3) is 0 Å². The van der Waals surface area contributed by atoms with Gasteiger partial charge in [0.1, 0.15) is 0 Å². The third kappa shape index (κ3) is 2.45. The SMILES string of the molecule is O=[N+]([O-])c1cccnc1SC1CCNC1. The Labute approximate surface area is 91.4 Å². The molecule has 0 spiro atoms. The molecular formula is C9H11N3O2S. The maximum Gasteiger partial charge on any atom is 0.301 e. The summed E-state index contributed by atoms with van der Waals surface area (Å²) in [6.45, 7) is 1.89. The summed E-state index contributed by atoms with van der Waals surface area (Å²) in [6.07, 6.45) is 2.64. The standard InChI is InChI=1S/C9H11N3O2S/c13-12(14)8-2-1-4-11-9(8)15-7-3-5-10-6-7/h1-2,4,7,10H,3,5-6H2. The second-order valence-corrected chi connectivity index (χ2v) is 4.61. The minimum atomic E-state index is -0.377. The zero-order valence-electron chi connectivity index (χ0n) is 8.05. The van der Waals surface area contributed by atoms with Crippen molar-refractivity contribution in [1.82, 2.24) is 10.3 Å². The highest BCUT2D eigenvalue weighted by molar-refractivity contribution is 8.00. The summed E-state index contributed by atoms with van der Waals surface area (Å²) in [5.74, 6) is 0. The van der Waals surface area contributed by atoms with E-state index in [0.717, 1.165) is 19.5 Å². The second kappa shape index (κ2) is 4.59. The molecule has 5 nitrogen and oxygen atoms in total. The maximum absolute atomic E-state index is 10.7. The van der Waals surface area contributed by atoms with Crippen molar-refractivity contribution in [2.75, 3.05) is 13.1 Å². The molecule has 15 heavy (non-hydrogen) atoms. The molecule has 0 bridgehead atoms. The average Bonchev–Trinajstić information content (AvgIpc) is 2.71. The number of rotatable bonds is 3. The number of nitrogens with one attached hydrogen (secondary N) is 1. The van der Waals surface area contributed by atoms with E-state index in [1.54, 1.807) is 12.3 Å². The van der Waals surface area contributed by atoms with E-state index >= 15 is 0 Å². The van der Waals surface area contributed by atoms with Crippen LogP contribution in [0.15, 0.2) is 23.4 Å². The van der Waals surface area contributed by atoms with Gasteiger partial charge >= 0.3 is 5.69 Å². The van der Waals surface area contributed by atoms with Gasteiger partial charge in [-0.05, 0) is 19.0 Å². The predicted molar refractivity (Wildman–Crippen MR) is 58.0 cm³/mol. The lowest BCUT2D eigenvalue weighted by Gasteiger charge is -2.06. The molecule has 2 rings (SSSR count). The molecule has 0 aliphatic carbocycles. The van der Waals surface area contributed by atoms with Gasteiger partial charge in [0.05, 0.1) is 4.92 Å². The number of hydrogen-bond acceptors (Lipinski definition) is 5. The average molecular weight is 225 g/mol. The first kappa shape index (κ1) is 10.4. The highest BCUT2D eigenvalue weighted by atomic mass is 32.2. The van der Waals surface area contributed by atoms with Crippen LogP contribution in [0.4, 0.5) is 5.69 Å². The normalized spacial score (nSPS) is 20.4. The molecule has 1 aliphatic heterocycles. The van der Waals surface area contributed by atoms with Crippen LogP contribution in [0.3, 0.4) is 0 Å². The Kier molecular flexibility index (Phi) is 3.17. The van der Waals surface area contributed by atoms with Gasteiger partial charge in [-0.2, -0.15) is 0 Å². The van der Waals surface area contributed by atoms with Crippen molar-refractivity contribution >= 4 is 17.4 Å². The van der Waals surface area contributed by atoms with Crippen LogP contribution in [-0.4, -0.2) is 28.2 Å². The summed E-state index contributed by atoms with van der Waals surface area (Å²) in [7, 11) is 0. The van der Waals surface area contributed by atoms with Gasteiger partial charge in [0.15, 0.2) is 5.03 Å². The fourth-order valence-corrected chi connectivity index (χ4v) is 2.64. The highest BCUT2D eigenvalue weighted by Gasteiger charge is 2.21. The maximum atomic E-state index is 10.7. The van der Waals surface area contributed by atoms with Gasteiger partial charge in [-0.3, -0.25) is 10.1 Å². The fourth-order valence-electron chi connectivity index (χ4n) is 1.50. The van der Waals surface area contributed by atoms with Crippen LogP contribution in [0.5, 0.6) is 0 Å². The molecule has 1 N–H and O–H groups in total. The number of hydrogen-bond donors (Lipinski definition) is 1. The molecule has 0 radical (unpaired) electrons. The van der Waals surface area contributed by atoms with E-state index in [1.807, 2.05) is 0 Å². The largest absolute Gasteiger partial charge is 0.316 e. The number of aromatic nitrogens is 1. The zero-order chi connectivity index (χ0) is 10.7. The van der Waals surface area contributed by atoms with E-state index in [2.05, 4.69) is 10.3 Å². The lowest BCUT2D eigenvalue weighted by Crippen LogP contribution is -2.10. The molecule has 1 fully saturated rings. The minimum absolute atomic E-state index is 0.106. The second-order valence-electron chi connectivity index (χ2n) is 3.32. The van der Waals surface area contributed by atoms with Gasteiger partial charge in [0.25, 0.3) is 0 Å². The zero-order valence-corrected chi connectivity index (χ0v) is 8.87. The summed E-state index contributed by atoms with van der Waals surface area (Å²) in [5, 5.41) is 14.9. The van der Waals surface area contributed by atoms with E-state index in [9.17, 15) is 10.1 Å². The highest BCUT2D eigenvalue weighted by Crippen LogP contribution is 2.31. The van der Waals surface area contributed by atoms with Crippen molar-refractivity contribution in [3.63, 3.8) is 0 Å². The molecule has 2 heterocycles. The van der Waals surface area contributed by atoms with E-state index in [1.165, 1.54) is 17.8 Å². The third-order valence-corrected chi connectivity index (χ3v) is 3.51. The Morgan fingerprint density at radius 3 is 3.20 bits per heavy atom. The van der Waals surface area contributed by atoms with Gasteiger partial charge in [0, 0.05) is 24.1 Å². The molecule has 1 aromatic heterocycles. The van der Waals surface area contributed by atoms with Crippen molar-refractivity contribution in [1.29, 1.82) is 0 Å². The Morgan fingerprint density at radius 2 is 2.53 bits per heavy atom. The molecule has 80 valence electrons. The van der Waals surface area contributed by atoms with Crippen molar-refractivity contribution in [2.45, 2.75) is 16.7 Å². The van der Waals surface area contributed by atoms with Crippen molar-refractivity contribution < 1.29 is 4.92 Å². The molecule has 0 amide bonds. The van der Waals surface area contributed by atoms with Crippen molar-refractivity contribution in [3.05, 3.63) is 28.4 Å². The summed E-state index contributed by atoms with van der Waals surface area (Å²) >= 11 is 1.49. The van der Waals surface area contributed by atoms with Gasteiger partial charge in [-0.15, -0.1) is 0 Å². The molecule has 6 heteroatoms. The molecule has 0 aromatic carbocycles. The van der Waals surface area contributed by atoms with E-state index in [-0.39, 0.29) is 10.6 Å². The molecule has 1 aliphatic rings. The number of nitro groups is 1. The summed E-state index contributed by atoms with van der Waals surface area (Å²) < 4.78 is 0. The van der Waals surface area contributed by atoms with Gasteiger partial charge in [-0.1, -0.05) is 11.8 Å². The lowest BCUT2D eigenvalue weighted by atomic mass is 10.4. The van der Waals surface area contributed by atoms with E-state index < -0.39 is 0 Å². The number of nitrogens with zero attached hydrogens (tertiary/aromatic N) is 2. The van der Waals surface area contributed by atoms with Crippen molar-refractivity contribution in [3.8, 4) is 0 Å². The Balaban J connectivity index is 2.15. The lowest BCUT2D eigenvalue weighted by molar-refractivity contribution is -0.388. The first-order valence-electron chi connectivity index (χ1n) is 4.74.